The van der Waals surface area contributed by atoms with E-state index in [0.29, 0.717) is 0 Å². The minimum Gasteiger partial charge on any atom is -0.475 e. The van der Waals surface area contributed by atoms with Crippen molar-refractivity contribution >= 4 is 23.2 Å². The highest BCUT2D eigenvalue weighted by atomic mass is 32.1. The molecule has 1 amide bonds. The topological polar surface area (TPSA) is 70.1 Å². The van der Waals surface area contributed by atoms with Gasteiger partial charge in [-0.15, -0.1) is 11.3 Å². The van der Waals surface area contributed by atoms with Crippen LogP contribution in [0.3, 0.4) is 0 Å². The van der Waals surface area contributed by atoms with Gasteiger partial charge in [0.2, 0.25) is 5.91 Å². The standard InChI is InChI=1S/C15H20N2O2S.C2HF3O2/c18-15-10-19-14-9-16(7-12-2-1-5-20-12)8-13(14)17(15)6-11-3-4-11;3-2(4,5)1(6)7/h1-2,5,11,13-14H,3-4,6-10H2;(H,6,7)/t13-,14-;/m1./s1. The Kier molecular flexibility index (Phi) is 6.07. The Bertz CT molecular complexity index is 664. The average Bonchev–Trinajstić information content (AvgIpc) is 3.09. The largest absolute Gasteiger partial charge is 0.490 e. The molecular formula is C17H21F3N2O4S. The molecule has 3 fully saturated rings. The molecule has 1 aliphatic carbocycles. The number of carbonyl (C=O) groups excluding carboxylic acids is 1. The van der Waals surface area contributed by atoms with Crippen molar-refractivity contribution in [1.82, 2.24) is 9.80 Å². The molecule has 6 nitrogen and oxygen atoms in total. The Balaban J connectivity index is 0.000000260. The molecule has 10 heteroatoms. The number of thiophene rings is 1. The van der Waals surface area contributed by atoms with Crippen molar-refractivity contribution in [1.29, 1.82) is 0 Å². The van der Waals surface area contributed by atoms with Crippen molar-refractivity contribution in [3.63, 3.8) is 0 Å². The normalized spacial score (nSPS) is 25.7. The van der Waals surface area contributed by atoms with Gasteiger partial charge in [-0.2, -0.15) is 13.2 Å². The molecule has 3 aliphatic rings. The SMILES string of the molecule is O=C(O)C(F)(F)F.O=C1CO[C@@H]2CN(Cc3cccs3)C[C@H]2N1CC1CC1. The second-order valence-corrected chi connectivity index (χ2v) is 8.01. The monoisotopic (exact) mass is 406 g/mol. The number of ether oxygens (including phenoxy) is 1. The van der Waals surface area contributed by atoms with Gasteiger partial charge in [-0.1, -0.05) is 6.07 Å². The van der Waals surface area contributed by atoms with E-state index in [9.17, 15) is 18.0 Å². The number of hydrogen-bond acceptors (Lipinski definition) is 5. The maximum absolute atomic E-state index is 12.1. The van der Waals surface area contributed by atoms with E-state index in [1.54, 1.807) is 11.3 Å². The lowest BCUT2D eigenvalue weighted by molar-refractivity contribution is -0.192. The van der Waals surface area contributed by atoms with E-state index >= 15 is 0 Å². The van der Waals surface area contributed by atoms with Crippen LogP contribution in [0.2, 0.25) is 0 Å². The van der Waals surface area contributed by atoms with Crippen molar-refractivity contribution < 1.29 is 32.6 Å². The number of morpholine rings is 1. The predicted octanol–water partition coefficient (Wildman–Crippen LogP) is 2.20. The Morgan fingerprint density at radius 2 is 2.04 bits per heavy atom. The van der Waals surface area contributed by atoms with Gasteiger partial charge in [-0.3, -0.25) is 9.69 Å². The first kappa shape index (κ1) is 20.1. The summed E-state index contributed by atoms with van der Waals surface area (Å²) in [5.74, 6) is -1.81. The molecule has 2 aliphatic heterocycles. The summed E-state index contributed by atoms with van der Waals surface area (Å²) in [7, 11) is 0. The number of hydrogen-bond donors (Lipinski definition) is 1. The van der Waals surface area contributed by atoms with Gasteiger partial charge in [0.25, 0.3) is 0 Å². The summed E-state index contributed by atoms with van der Waals surface area (Å²) < 4.78 is 37.5. The predicted molar refractivity (Wildman–Crippen MR) is 91.3 cm³/mol. The third-order valence-electron chi connectivity index (χ3n) is 4.81. The van der Waals surface area contributed by atoms with E-state index in [0.717, 1.165) is 32.1 Å². The van der Waals surface area contributed by atoms with Gasteiger partial charge in [0.1, 0.15) is 6.61 Å². The van der Waals surface area contributed by atoms with Crippen LogP contribution < -0.4 is 0 Å². The highest BCUT2D eigenvalue weighted by Gasteiger charge is 2.44. The summed E-state index contributed by atoms with van der Waals surface area (Å²) in [5, 5.41) is 9.25. The summed E-state index contributed by atoms with van der Waals surface area (Å²) in [4.78, 5) is 26.9. The third kappa shape index (κ3) is 5.43. The Morgan fingerprint density at radius 3 is 2.59 bits per heavy atom. The molecular weight excluding hydrogens is 385 g/mol. The molecule has 1 aromatic heterocycles. The maximum Gasteiger partial charge on any atom is 0.490 e. The quantitative estimate of drug-likeness (QED) is 0.830. The maximum atomic E-state index is 12.1. The van der Waals surface area contributed by atoms with Gasteiger partial charge in [0, 0.05) is 31.1 Å². The first-order valence-electron chi connectivity index (χ1n) is 8.70. The van der Waals surface area contributed by atoms with Gasteiger partial charge in [-0.05, 0) is 30.2 Å². The lowest BCUT2D eigenvalue weighted by atomic mass is 10.1. The van der Waals surface area contributed by atoms with Crippen LogP contribution in [0.4, 0.5) is 13.2 Å². The van der Waals surface area contributed by atoms with Gasteiger partial charge in [0.05, 0.1) is 12.1 Å². The molecule has 0 radical (unpaired) electrons. The van der Waals surface area contributed by atoms with Gasteiger partial charge >= 0.3 is 12.1 Å². The first-order chi connectivity index (χ1) is 12.7. The number of carboxylic acid groups (broad SMARTS) is 1. The fourth-order valence-corrected chi connectivity index (χ4v) is 4.06. The van der Waals surface area contributed by atoms with E-state index in [-0.39, 0.29) is 24.7 Å². The van der Waals surface area contributed by atoms with Crippen LogP contribution in [0.1, 0.15) is 17.7 Å². The van der Waals surface area contributed by atoms with Crippen LogP contribution in [-0.2, 0) is 20.9 Å². The molecule has 27 heavy (non-hydrogen) atoms. The smallest absolute Gasteiger partial charge is 0.475 e. The highest BCUT2D eigenvalue weighted by molar-refractivity contribution is 7.09. The summed E-state index contributed by atoms with van der Waals surface area (Å²) in [5.41, 5.74) is 0. The van der Waals surface area contributed by atoms with E-state index < -0.39 is 12.1 Å². The number of nitrogens with zero attached hydrogens (tertiary/aromatic N) is 2. The molecule has 150 valence electrons. The van der Waals surface area contributed by atoms with Gasteiger partial charge < -0.3 is 14.7 Å². The molecule has 0 bridgehead atoms. The molecule has 3 heterocycles. The zero-order valence-electron chi connectivity index (χ0n) is 14.5. The van der Waals surface area contributed by atoms with Crippen molar-refractivity contribution in [2.24, 2.45) is 5.92 Å². The highest BCUT2D eigenvalue weighted by Crippen LogP contribution is 2.33. The summed E-state index contributed by atoms with van der Waals surface area (Å²) in [6.07, 6.45) is -2.28. The molecule has 0 spiro atoms. The zero-order valence-corrected chi connectivity index (χ0v) is 15.3. The van der Waals surface area contributed by atoms with Gasteiger partial charge in [-0.25, -0.2) is 4.79 Å². The van der Waals surface area contributed by atoms with E-state index in [1.165, 1.54) is 17.7 Å². The third-order valence-corrected chi connectivity index (χ3v) is 5.67. The minimum absolute atomic E-state index is 0.191. The van der Waals surface area contributed by atoms with Crippen LogP contribution in [0.25, 0.3) is 0 Å². The first-order valence-corrected chi connectivity index (χ1v) is 9.58. The van der Waals surface area contributed by atoms with Crippen molar-refractivity contribution in [2.45, 2.75) is 37.7 Å². The second kappa shape index (κ2) is 8.15. The zero-order chi connectivity index (χ0) is 19.6. The number of carbonyl (C=O) groups is 2. The number of aliphatic carboxylic acids is 1. The second-order valence-electron chi connectivity index (χ2n) is 6.98. The van der Waals surface area contributed by atoms with Gasteiger partial charge in [0.15, 0.2) is 0 Å². The van der Waals surface area contributed by atoms with E-state index in [1.807, 2.05) is 0 Å². The van der Waals surface area contributed by atoms with Crippen molar-refractivity contribution in [3.05, 3.63) is 22.4 Å². The lowest BCUT2D eigenvalue weighted by Crippen LogP contribution is -2.54. The van der Waals surface area contributed by atoms with E-state index in [2.05, 4.69) is 27.3 Å². The Hall–Kier alpha value is -1.65. The van der Waals surface area contributed by atoms with Crippen LogP contribution in [-0.4, -0.2) is 71.3 Å². The van der Waals surface area contributed by atoms with E-state index in [4.69, 9.17) is 14.6 Å². The molecule has 2 saturated heterocycles. The van der Waals surface area contributed by atoms with Crippen LogP contribution in [0.15, 0.2) is 17.5 Å². The molecule has 1 aromatic rings. The molecule has 2 atom stereocenters. The van der Waals surface area contributed by atoms with Crippen molar-refractivity contribution in [2.75, 3.05) is 26.2 Å². The average molecular weight is 406 g/mol. The molecule has 4 rings (SSSR count). The van der Waals surface area contributed by atoms with Crippen LogP contribution in [0, 0.1) is 5.92 Å². The Labute approximate surface area is 158 Å². The number of likely N-dealkylation sites (tertiary alicyclic amines) is 1. The van der Waals surface area contributed by atoms with Crippen LogP contribution in [0.5, 0.6) is 0 Å². The molecule has 0 unspecified atom stereocenters. The van der Waals surface area contributed by atoms with Crippen molar-refractivity contribution in [3.8, 4) is 0 Å². The lowest BCUT2D eigenvalue weighted by Gasteiger charge is -2.36. The number of alkyl halides is 3. The number of fused-ring (bicyclic) bond motifs is 1. The van der Waals surface area contributed by atoms with Crippen LogP contribution >= 0.6 is 11.3 Å². The minimum atomic E-state index is -5.08. The summed E-state index contributed by atoms with van der Waals surface area (Å²) in [6.45, 7) is 4.13. The number of amides is 1. The fraction of sp³-hybridized carbons (Fsp3) is 0.647. The molecule has 1 N–H and O–H groups in total. The summed E-state index contributed by atoms with van der Waals surface area (Å²) in [6, 6.07) is 4.56. The summed E-state index contributed by atoms with van der Waals surface area (Å²) >= 11 is 1.80. The Morgan fingerprint density at radius 1 is 1.33 bits per heavy atom. The number of carboxylic acids is 1. The fourth-order valence-electron chi connectivity index (χ4n) is 3.31. The number of rotatable bonds is 4. The molecule has 0 aromatic carbocycles. The number of halogens is 3. The molecule has 1 saturated carbocycles.